The second-order valence-corrected chi connectivity index (χ2v) is 5.07. The van der Waals surface area contributed by atoms with E-state index in [1.165, 1.54) is 0 Å². The number of rotatable bonds is 7. The molecule has 0 saturated carbocycles. The Kier molecular flexibility index (Phi) is 8.06. The molecule has 0 aliphatic carbocycles. The summed E-state index contributed by atoms with van der Waals surface area (Å²) in [5.74, 6) is 1.41. The Hall–Kier alpha value is -1.46. The third kappa shape index (κ3) is 5.39. The molecule has 0 radical (unpaired) electrons. The first-order valence-electron chi connectivity index (χ1n) is 7.65. The second kappa shape index (κ2) is 9.54. The number of hydrogen-bond donors (Lipinski definition) is 2. The van der Waals surface area contributed by atoms with Crippen molar-refractivity contribution in [1.29, 1.82) is 0 Å². The van der Waals surface area contributed by atoms with E-state index >= 15 is 0 Å². The zero-order valence-electron chi connectivity index (χ0n) is 13.2. The quantitative estimate of drug-likeness (QED) is 0.808. The molecule has 2 rings (SSSR count). The molecule has 22 heavy (non-hydrogen) atoms. The van der Waals surface area contributed by atoms with E-state index in [-0.39, 0.29) is 24.4 Å². The average Bonchev–Trinajstić information content (AvgIpc) is 2.95. The van der Waals surface area contributed by atoms with Crippen molar-refractivity contribution in [3.63, 3.8) is 0 Å². The molecule has 1 atom stereocenters. The molecule has 1 aromatic rings. The van der Waals surface area contributed by atoms with E-state index in [4.69, 9.17) is 9.47 Å². The van der Waals surface area contributed by atoms with Gasteiger partial charge in [0.1, 0.15) is 11.5 Å². The Balaban J connectivity index is 0.00000242. The normalized spacial score (nSPS) is 16.7. The van der Waals surface area contributed by atoms with Gasteiger partial charge < -0.3 is 20.1 Å². The summed E-state index contributed by atoms with van der Waals surface area (Å²) in [4.78, 5) is 12.1. The highest BCUT2D eigenvalue weighted by Gasteiger charge is 2.18. The van der Waals surface area contributed by atoms with Gasteiger partial charge in [0.05, 0.1) is 18.9 Å². The van der Waals surface area contributed by atoms with Crippen LogP contribution in [0.1, 0.15) is 33.1 Å². The Bertz CT molecular complexity index is 476. The fourth-order valence-corrected chi connectivity index (χ4v) is 2.50. The van der Waals surface area contributed by atoms with Gasteiger partial charge >= 0.3 is 0 Å². The van der Waals surface area contributed by atoms with Crippen molar-refractivity contribution in [2.24, 2.45) is 0 Å². The number of halogens is 1. The van der Waals surface area contributed by atoms with Gasteiger partial charge in [0.25, 0.3) is 0 Å². The Morgan fingerprint density at radius 1 is 1.32 bits per heavy atom. The van der Waals surface area contributed by atoms with E-state index in [2.05, 4.69) is 10.6 Å². The van der Waals surface area contributed by atoms with Gasteiger partial charge in [0.2, 0.25) is 5.91 Å². The van der Waals surface area contributed by atoms with Crippen molar-refractivity contribution < 1.29 is 14.3 Å². The van der Waals surface area contributed by atoms with E-state index in [1.54, 1.807) is 0 Å². The smallest absolute Gasteiger partial charge is 0.226 e. The molecular weight excluding hydrogens is 304 g/mol. The van der Waals surface area contributed by atoms with Crippen LogP contribution in [0.15, 0.2) is 18.2 Å². The van der Waals surface area contributed by atoms with Crippen molar-refractivity contribution in [3.05, 3.63) is 18.2 Å². The molecule has 1 amide bonds. The number of carbonyl (C=O) groups excluding carboxylic acids is 1. The van der Waals surface area contributed by atoms with Crippen LogP contribution < -0.4 is 20.1 Å². The number of ether oxygens (including phenoxy) is 2. The first-order chi connectivity index (χ1) is 10.2. The van der Waals surface area contributed by atoms with Crippen molar-refractivity contribution in [1.82, 2.24) is 5.32 Å². The molecule has 5 nitrogen and oxygen atoms in total. The molecule has 1 unspecified atom stereocenters. The topological polar surface area (TPSA) is 59.6 Å². The van der Waals surface area contributed by atoms with Crippen molar-refractivity contribution in [3.8, 4) is 11.5 Å². The van der Waals surface area contributed by atoms with Gasteiger partial charge in [-0.05, 0) is 45.4 Å². The first kappa shape index (κ1) is 18.6. The molecule has 1 aliphatic heterocycles. The SMILES string of the molecule is CCOc1ccc(OCC)c(NC(=O)CC2CCCN2)c1.Cl. The molecule has 1 aliphatic rings. The summed E-state index contributed by atoms with van der Waals surface area (Å²) in [5.41, 5.74) is 0.672. The molecule has 1 heterocycles. The lowest BCUT2D eigenvalue weighted by Crippen LogP contribution is -2.27. The van der Waals surface area contributed by atoms with Gasteiger partial charge in [-0.25, -0.2) is 0 Å². The summed E-state index contributed by atoms with van der Waals surface area (Å²) in [6.45, 7) is 6.00. The van der Waals surface area contributed by atoms with Crippen LogP contribution in [0.5, 0.6) is 11.5 Å². The predicted molar refractivity (Wildman–Crippen MR) is 90.3 cm³/mol. The molecule has 6 heteroatoms. The minimum Gasteiger partial charge on any atom is -0.494 e. The number of hydrogen-bond acceptors (Lipinski definition) is 4. The third-order valence-corrected chi connectivity index (χ3v) is 3.43. The monoisotopic (exact) mass is 328 g/mol. The largest absolute Gasteiger partial charge is 0.494 e. The van der Waals surface area contributed by atoms with Crippen LogP contribution in [-0.2, 0) is 4.79 Å². The van der Waals surface area contributed by atoms with E-state index in [9.17, 15) is 4.79 Å². The summed E-state index contributed by atoms with van der Waals surface area (Å²) < 4.78 is 11.0. The van der Waals surface area contributed by atoms with E-state index < -0.39 is 0 Å². The fraction of sp³-hybridized carbons (Fsp3) is 0.562. The fourth-order valence-electron chi connectivity index (χ4n) is 2.50. The number of benzene rings is 1. The van der Waals surface area contributed by atoms with Crippen LogP contribution in [0.4, 0.5) is 5.69 Å². The molecule has 0 bridgehead atoms. The Morgan fingerprint density at radius 2 is 2.09 bits per heavy atom. The highest BCUT2D eigenvalue weighted by molar-refractivity contribution is 5.93. The molecule has 124 valence electrons. The summed E-state index contributed by atoms with van der Waals surface area (Å²) >= 11 is 0. The van der Waals surface area contributed by atoms with Crippen LogP contribution in [0.25, 0.3) is 0 Å². The number of nitrogens with one attached hydrogen (secondary N) is 2. The van der Waals surface area contributed by atoms with Gasteiger partial charge in [-0.1, -0.05) is 0 Å². The number of anilines is 1. The molecule has 0 aromatic heterocycles. The number of carbonyl (C=O) groups is 1. The Morgan fingerprint density at radius 3 is 2.73 bits per heavy atom. The van der Waals surface area contributed by atoms with Gasteiger partial charge in [0, 0.05) is 18.5 Å². The van der Waals surface area contributed by atoms with Gasteiger partial charge in [-0.2, -0.15) is 0 Å². The lowest BCUT2D eigenvalue weighted by atomic mass is 10.1. The summed E-state index contributed by atoms with van der Waals surface area (Å²) in [6, 6.07) is 5.78. The maximum Gasteiger partial charge on any atom is 0.226 e. The van der Waals surface area contributed by atoms with Crippen LogP contribution >= 0.6 is 12.4 Å². The first-order valence-corrected chi connectivity index (χ1v) is 7.65. The predicted octanol–water partition coefficient (Wildman–Crippen LogP) is 2.99. The van der Waals surface area contributed by atoms with Crippen LogP contribution in [0.2, 0.25) is 0 Å². The highest BCUT2D eigenvalue weighted by Crippen LogP contribution is 2.29. The minimum atomic E-state index is 0. The zero-order valence-corrected chi connectivity index (χ0v) is 14.0. The number of amides is 1. The molecule has 0 spiro atoms. The molecule has 1 saturated heterocycles. The third-order valence-electron chi connectivity index (χ3n) is 3.43. The minimum absolute atomic E-state index is 0. The molecular formula is C16H25ClN2O3. The van der Waals surface area contributed by atoms with Gasteiger partial charge in [0.15, 0.2) is 0 Å². The van der Waals surface area contributed by atoms with Crippen molar-refractivity contribution >= 4 is 24.0 Å². The molecule has 1 fully saturated rings. The second-order valence-electron chi connectivity index (χ2n) is 5.07. The van der Waals surface area contributed by atoms with Crippen molar-refractivity contribution in [2.75, 3.05) is 25.1 Å². The maximum atomic E-state index is 12.1. The van der Waals surface area contributed by atoms with Crippen molar-refractivity contribution in [2.45, 2.75) is 39.2 Å². The van der Waals surface area contributed by atoms with Gasteiger partial charge in [-0.3, -0.25) is 4.79 Å². The summed E-state index contributed by atoms with van der Waals surface area (Å²) in [7, 11) is 0. The standard InChI is InChI=1S/C16H24N2O3.ClH/c1-3-20-13-7-8-15(21-4-2)14(11-13)18-16(19)10-12-6-5-9-17-12;/h7-8,11-12,17H,3-6,9-10H2,1-2H3,(H,18,19);1H. The summed E-state index contributed by atoms with van der Waals surface area (Å²) in [5, 5.41) is 6.27. The van der Waals surface area contributed by atoms with Crippen LogP contribution in [0, 0.1) is 0 Å². The average molecular weight is 329 g/mol. The maximum absolute atomic E-state index is 12.1. The summed E-state index contributed by atoms with van der Waals surface area (Å²) in [6.07, 6.45) is 2.69. The van der Waals surface area contributed by atoms with Crippen LogP contribution in [0.3, 0.4) is 0 Å². The highest BCUT2D eigenvalue weighted by atomic mass is 35.5. The van der Waals surface area contributed by atoms with E-state index in [1.807, 2.05) is 32.0 Å². The van der Waals surface area contributed by atoms with E-state index in [0.29, 0.717) is 31.1 Å². The molecule has 2 N–H and O–H groups in total. The molecule has 1 aromatic carbocycles. The lowest BCUT2D eigenvalue weighted by Gasteiger charge is -2.15. The van der Waals surface area contributed by atoms with E-state index in [0.717, 1.165) is 25.1 Å². The van der Waals surface area contributed by atoms with Gasteiger partial charge in [-0.15, -0.1) is 12.4 Å². The Labute approximate surface area is 138 Å². The lowest BCUT2D eigenvalue weighted by molar-refractivity contribution is -0.116. The zero-order chi connectivity index (χ0) is 15.1. The van der Waals surface area contributed by atoms with Crippen LogP contribution in [-0.4, -0.2) is 31.7 Å².